The molecule has 1 aromatic rings. The summed E-state index contributed by atoms with van der Waals surface area (Å²) in [4.78, 5) is 9.98. The molecule has 0 amide bonds. The van der Waals surface area contributed by atoms with E-state index in [-0.39, 0.29) is 11.7 Å². The summed E-state index contributed by atoms with van der Waals surface area (Å²) in [5.74, 6) is 0. The highest BCUT2D eigenvalue weighted by molar-refractivity contribution is 5.69. The molecule has 5 nitrogen and oxygen atoms in total. The number of nitro benzene ring substituents is 1. The molecular formula is C10H13N3O2. The molecule has 1 unspecified atom stereocenters. The standard InChI is InChI=1S/C10H13N3O2/c1-3-7(2)12-10-5-4-8(13(14)15)6-9(10)11/h3-7,12H,1,11H2,2H3. The second-order valence-electron chi connectivity index (χ2n) is 3.20. The number of nitrogens with two attached hydrogens (primary N) is 1. The van der Waals surface area contributed by atoms with Crippen molar-refractivity contribution in [2.24, 2.45) is 0 Å². The van der Waals surface area contributed by atoms with Crippen LogP contribution >= 0.6 is 0 Å². The Hall–Kier alpha value is -2.04. The van der Waals surface area contributed by atoms with Crippen LogP contribution in [0.5, 0.6) is 0 Å². The molecule has 1 atom stereocenters. The van der Waals surface area contributed by atoms with Crippen LogP contribution in [-0.2, 0) is 0 Å². The SMILES string of the molecule is C=CC(C)Nc1ccc([N+](=O)[O-])cc1N. The zero-order valence-electron chi connectivity index (χ0n) is 8.43. The first-order chi connectivity index (χ1) is 7.04. The van der Waals surface area contributed by atoms with Gasteiger partial charge < -0.3 is 11.1 Å². The van der Waals surface area contributed by atoms with Gasteiger partial charge in [0, 0.05) is 18.2 Å². The fourth-order valence-corrected chi connectivity index (χ4v) is 1.10. The lowest BCUT2D eigenvalue weighted by Crippen LogP contribution is -2.12. The average Bonchev–Trinajstić information content (AvgIpc) is 2.20. The lowest BCUT2D eigenvalue weighted by atomic mass is 10.2. The number of hydrogen-bond acceptors (Lipinski definition) is 4. The molecule has 0 aliphatic heterocycles. The smallest absolute Gasteiger partial charge is 0.271 e. The van der Waals surface area contributed by atoms with Crippen molar-refractivity contribution >= 4 is 17.1 Å². The fraction of sp³-hybridized carbons (Fsp3) is 0.200. The maximum Gasteiger partial charge on any atom is 0.271 e. The van der Waals surface area contributed by atoms with Crippen LogP contribution in [0.15, 0.2) is 30.9 Å². The molecule has 0 aliphatic carbocycles. The van der Waals surface area contributed by atoms with Crippen molar-refractivity contribution in [3.63, 3.8) is 0 Å². The molecule has 0 saturated carbocycles. The van der Waals surface area contributed by atoms with Gasteiger partial charge in [0.25, 0.3) is 5.69 Å². The van der Waals surface area contributed by atoms with Gasteiger partial charge in [-0.2, -0.15) is 0 Å². The summed E-state index contributed by atoms with van der Waals surface area (Å²) in [6, 6.07) is 4.40. The average molecular weight is 207 g/mol. The number of non-ortho nitro benzene ring substituents is 1. The van der Waals surface area contributed by atoms with Gasteiger partial charge in [-0.1, -0.05) is 6.08 Å². The van der Waals surface area contributed by atoms with Gasteiger partial charge in [-0.15, -0.1) is 6.58 Å². The van der Waals surface area contributed by atoms with Crippen LogP contribution in [0.2, 0.25) is 0 Å². The Bertz CT molecular complexity index is 390. The van der Waals surface area contributed by atoms with Crippen molar-refractivity contribution < 1.29 is 4.92 Å². The van der Waals surface area contributed by atoms with Crippen molar-refractivity contribution in [2.75, 3.05) is 11.1 Å². The normalized spacial score (nSPS) is 11.8. The summed E-state index contributed by atoms with van der Waals surface area (Å²) >= 11 is 0. The maximum atomic E-state index is 10.5. The zero-order valence-corrected chi connectivity index (χ0v) is 8.43. The highest BCUT2D eigenvalue weighted by Gasteiger charge is 2.08. The second kappa shape index (κ2) is 4.45. The predicted molar refractivity (Wildman–Crippen MR) is 60.8 cm³/mol. The van der Waals surface area contributed by atoms with Gasteiger partial charge in [-0.25, -0.2) is 0 Å². The van der Waals surface area contributed by atoms with E-state index >= 15 is 0 Å². The van der Waals surface area contributed by atoms with Crippen molar-refractivity contribution in [1.29, 1.82) is 0 Å². The molecule has 0 aliphatic rings. The van der Waals surface area contributed by atoms with Crippen molar-refractivity contribution in [2.45, 2.75) is 13.0 Å². The number of nitrogen functional groups attached to an aromatic ring is 1. The minimum atomic E-state index is -0.475. The quantitative estimate of drug-likeness (QED) is 0.343. The van der Waals surface area contributed by atoms with Crippen LogP contribution in [0.25, 0.3) is 0 Å². The highest BCUT2D eigenvalue weighted by Crippen LogP contribution is 2.24. The van der Waals surface area contributed by atoms with Crippen LogP contribution < -0.4 is 11.1 Å². The van der Waals surface area contributed by atoms with Gasteiger partial charge in [0.15, 0.2) is 0 Å². The monoisotopic (exact) mass is 207 g/mol. The number of nitro groups is 1. The number of benzene rings is 1. The molecule has 0 bridgehead atoms. The molecule has 5 heteroatoms. The highest BCUT2D eigenvalue weighted by atomic mass is 16.6. The summed E-state index contributed by atoms with van der Waals surface area (Å²) in [6.45, 7) is 5.53. The minimum absolute atomic E-state index is 0.00990. The van der Waals surface area contributed by atoms with E-state index in [2.05, 4.69) is 11.9 Å². The summed E-state index contributed by atoms with van der Waals surface area (Å²) in [5, 5.41) is 13.5. The molecule has 0 saturated heterocycles. The van der Waals surface area contributed by atoms with Gasteiger partial charge >= 0.3 is 0 Å². The summed E-state index contributed by atoms with van der Waals surface area (Å²) in [6.07, 6.45) is 1.72. The third kappa shape index (κ3) is 2.70. The van der Waals surface area contributed by atoms with Crippen LogP contribution in [0.3, 0.4) is 0 Å². The summed E-state index contributed by atoms with van der Waals surface area (Å²) in [5.41, 5.74) is 6.68. The molecule has 0 heterocycles. The Labute approximate surface area is 87.7 Å². The Balaban J connectivity index is 2.93. The number of nitrogens with one attached hydrogen (secondary N) is 1. The lowest BCUT2D eigenvalue weighted by Gasteiger charge is -2.12. The fourth-order valence-electron chi connectivity index (χ4n) is 1.10. The number of rotatable bonds is 4. The minimum Gasteiger partial charge on any atom is -0.397 e. The zero-order chi connectivity index (χ0) is 11.4. The molecule has 80 valence electrons. The molecule has 0 fully saturated rings. The predicted octanol–water partition coefficient (Wildman–Crippen LogP) is 2.16. The molecule has 3 N–H and O–H groups in total. The third-order valence-corrected chi connectivity index (χ3v) is 1.98. The Morgan fingerprint density at radius 1 is 1.67 bits per heavy atom. The van der Waals surface area contributed by atoms with Crippen molar-refractivity contribution in [1.82, 2.24) is 0 Å². The van der Waals surface area contributed by atoms with E-state index in [1.54, 1.807) is 12.1 Å². The lowest BCUT2D eigenvalue weighted by molar-refractivity contribution is -0.384. The van der Waals surface area contributed by atoms with Crippen LogP contribution in [0, 0.1) is 10.1 Å². The Kier molecular flexibility index (Phi) is 3.28. The first-order valence-corrected chi connectivity index (χ1v) is 4.47. The number of hydrogen-bond donors (Lipinski definition) is 2. The van der Waals surface area contributed by atoms with E-state index in [0.29, 0.717) is 11.4 Å². The van der Waals surface area contributed by atoms with Crippen molar-refractivity contribution in [3.05, 3.63) is 41.0 Å². The van der Waals surface area contributed by atoms with Crippen LogP contribution in [-0.4, -0.2) is 11.0 Å². The topological polar surface area (TPSA) is 81.2 Å². The molecule has 0 radical (unpaired) electrons. The van der Waals surface area contributed by atoms with Gasteiger partial charge in [0.1, 0.15) is 0 Å². The number of anilines is 2. The van der Waals surface area contributed by atoms with E-state index in [9.17, 15) is 10.1 Å². The molecule has 15 heavy (non-hydrogen) atoms. The molecule has 1 rings (SSSR count). The molecule has 0 aromatic heterocycles. The van der Waals surface area contributed by atoms with Crippen LogP contribution in [0.1, 0.15) is 6.92 Å². The van der Waals surface area contributed by atoms with Crippen LogP contribution in [0.4, 0.5) is 17.1 Å². The van der Waals surface area contributed by atoms with E-state index in [0.717, 1.165) is 0 Å². The summed E-state index contributed by atoms with van der Waals surface area (Å²) < 4.78 is 0. The molecule has 1 aromatic carbocycles. The van der Waals surface area contributed by atoms with Crippen molar-refractivity contribution in [3.8, 4) is 0 Å². The van der Waals surface area contributed by atoms with E-state index in [4.69, 9.17) is 5.73 Å². The third-order valence-electron chi connectivity index (χ3n) is 1.98. The maximum absolute atomic E-state index is 10.5. The first kappa shape index (κ1) is 11.0. The largest absolute Gasteiger partial charge is 0.397 e. The van der Waals surface area contributed by atoms with Gasteiger partial charge in [0.2, 0.25) is 0 Å². The van der Waals surface area contributed by atoms with Gasteiger partial charge in [-0.3, -0.25) is 10.1 Å². The Morgan fingerprint density at radius 3 is 2.80 bits per heavy atom. The molecule has 0 spiro atoms. The Morgan fingerprint density at radius 2 is 2.33 bits per heavy atom. The molecular weight excluding hydrogens is 194 g/mol. The van der Waals surface area contributed by atoms with E-state index < -0.39 is 4.92 Å². The number of nitrogens with zero attached hydrogens (tertiary/aromatic N) is 1. The first-order valence-electron chi connectivity index (χ1n) is 4.47. The second-order valence-corrected chi connectivity index (χ2v) is 3.20. The van der Waals surface area contributed by atoms with Gasteiger partial charge in [0.05, 0.1) is 16.3 Å². The van der Waals surface area contributed by atoms with E-state index in [1.807, 2.05) is 6.92 Å². The summed E-state index contributed by atoms with van der Waals surface area (Å²) in [7, 11) is 0. The van der Waals surface area contributed by atoms with E-state index in [1.165, 1.54) is 12.1 Å². The van der Waals surface area contributed by atoms with Gasteiger partial charge in [-0.05, 0) is 13.0 Å².